The Kier molecular flexibility index (Phi) is 4.33. The van der Waals surface area contributed by atoms with Gasteiger partial charge in [-0.15, -0.1) is 0 Å². The van der Waals surface area contributed by atoms with E-state index in [1.165, 1.54) is 0 Å². The first-order valence-electron chi connectivity index (χ1n) is 6.29. The van der Waals surface area contributed by atoms with Crippen LogP contribution in [0.2, 0.25) is 0 Å². The Balaban J connectivity index is 2.30. The normalized spacial score (nSPS) is 19.2. The molecule has 1 unspecified atom stereocenters. The van der Waals surface area contributed by atoms with Gasteiger partial charge in [-0.2, -0.15) is 0 Å². The number of rotatable bonds is 3. The van der Waals surface area contributed by atoms with E-state index in [4.69, 9.17) is 9.47 Å². The molecule has 0 fully saturated rings. The summed E-state index contributed by atoms with van der Waals surface area (Å²) in [5.74, 6) is 0.123. The summed E-state index contributed by atoms with van der Waals surface area (Å²) < 4.78 is 10.9. The number of anilines is 1. The molecule has 2 rings (SSSR count). The van der Waals surface area contributed by atoms with E-state index in [0.717, 1.165) is 17.7 Å². The maximum atomic E-state index is 12.2. The van der Waals surface area contributed by atoms with Crippen LogP contribution in [0, 0.1) is 0 Å². The van der Waals surface area contributed by atoms with E-state index in [0.29, 0.717) is 19.6 Å². The van der Waals surface area contributed by atoms with Gasteiger partial charge < -0.3 is 14.4 Å². The van der Waals surface area contributed by atoms with Gasteiger partial charge in [0.15, 0.2) is 6.29 Å². The molecule has 0 aliphatic carbocycles. The van der Waals surface area contributed by atoms with Crippen LogP contribution in [0.25, 0.3) is 0 Å². The quantitative estimate of drug-likeness (QED) is 0.825. The fourth-order valence-corrected chi connectivity index (χ4v) is 2.11. The topological polar surface area (TPSA) is 38.8 Å². The molecule has 1 aliphatic heterocycles. The van der Waals surface area contributed by atoms with Crippen LogP contribution in [0.5, 0.6) is 0 Å². The summed E-state index contributed by atoms with van der Waals surface area (Å²) in [6, 6.07) is 7.85. The van der Waals surface area contributed by atoms with Crippen molar-refractivity contribution in [2.75, 3.05) is 18.6 Å². The SMILES string of the molecule is CCCC(=O)N1CC(OC)OCc2ccccc21. The lowest BCUT2D eigenvalue weighted by atomic mass is 10.1. The van der Waals surface area contributed by atoms with Gasteiger partial charge in [-0.3, -0.25) is 4.79 Å². The third-order valence-corrected chi connectivity index (χ3v) is 3.07. The van der Waals surface area contributed by atoms with Crippen LogP contribution in [0.1, 0.15) is 25.3 Å². The Labute approximate surface area is 107 Å². The molecule has 18 heavy (non-hydrogen) atoms. The molecular weight excluding hydrogens is 230 g/mol. The van der Waals surface area contributed by atoms with Crippen LogP contribution in [0.3, 0.4) is 0 Å². The van der Waals surface area contributed by atoms with Crippen molar-refractivity contribution in [2.45, 2.75) is 32.7 Å². The second-order valence-electron chi connectivity index (χ2n) is 4.36. The molecule has 0 saturated carbocycles. The van der Waals surface area contributed by atoms with E-state index >= 15 is 0 Å². The molecule has 0 N–H and O–H groups in total. The number of carbonyl (C=O) groups excluding carboxylic acids is 1. The van der Waals surface area contributed by atoms with Crippen molar-refractivity contribution in [1.29, 1.82) is 0 Å². The molecule has 1 aromatic rings. The molecule has 1 heterocycles. The van der Waals surface area contributed by atoms with Crippen molar-refractivity contribution in [3.05, 3.63) is 29.8 Å². The first-order chi connectivity index (χ1) is 8.76. The fraction of sp³-hybridized carbons (Fsp3) is 0.500. The van der Waals surface area contributed by atoms with Gasteiger partial charge in [0.2, 0.25) is 5.91 Å². The zero-order valence-corrected chi connectivity index (χ0v) is 10.9. The zero-order valence-electron chi connectivity index (χ0n) is 10.9. The highest BCUT2D eigenvalue weighted by Gasteiger charge is 2.25. The van der Waals surface area contributed by atoms with Gasteiger partial charge in [0.05, 0.1) is 13.2 Å². The van der Waals surface area contributed by atoms with Crippen molar-refractivity contribution >= 4 is 11.6 Å². The number of benzene rings is 1. The largest absolute Gasteiger partial charge is 0.354 e. The van der Waals surface area contributed by atoms with Crippen LogP contribution >= 0.6 is 0 Å². The van der Waals surface area contributed by atoms with E-state index < -0.39 is 0 Å². The van der Waals surface area contributed by atoms with Crippen LogP contribution in [-0.2, 0) is 20.9 Å². The number of fused-ring (bicyclic) bond motifs is 1. The van der Waals surface area contributed by atoms with Gasteiger partial charge in [-0.25, -0.2) is 0 Å². The lowest BCUT2D eigenvalue weighted by Gasteiger charge is -2.24. The van der Waals surface area contributed by atoms with Gasteiger partial charge in [-0.05, 0) is 12.5 Å². The molecule has 1 aliphatic rings. The average Bonchev–Trinajstić information content (AvgIpc) is 2.58. The van der Waals surface area contributed by atoms with Gasteiger partial charge in [0, 0.05) is 24.8 Å². The van der Waals surface area contributed by atoms with Crippen LogP contribution in [0.4, 0.5) is 5.69 Å². The van der Waals surface area contributed by atoms with Crippen LogP contribution in [0.15, 0.2) is 24.3 Å². The number of amides is 1. The molecule has 98 valence electrons. The molecule has 4 nitrogen and oxygen atoms in total. The smallest absolute Gasteiger partial charge is 0.227 e. The highest BCUT2D eigenvalue weighted by atomic mass is 16.7. The number of ether oxygens (including phenoxy) is 2. The van der Waals surface area contributed by atoms with E-state index in [2.05, 4.69) is 0 Å². The molecule has 0 radical (unpaired) electrons. The van der Waals surface area contributed by atoms with Crippen molar-refractivity contribution in [3.63, 3.8) is 0 Å². The van der Waals surface area contributed by atoms with E-state index in [1.807, 2.05) is 31.2 Å². The summed E-state index contributed by atoms with van der Waals surface area (Å²) in [7, 11) is 1.60. The van der Waals surface area contributed by atoms with Gasteiger partial charge in [0.25, 0.3) is 0 Å². The van der Waals surface area contributed by atoms with Crippen LogP contribution < -0.4 is 4.90 Å². The maximum Gasteiger partial charge on any atom is 0.227 e. The first kappa shape index (κ1) is 13.1. The van der Waals surface area contributed by atoms with E-state index in [1.54, 1.807) is 12.0 Å². The van der Waals surface area contributed by atoms with Crippen molar-refractivity contribution in [1.82, 2.24) is 0 Å². The third kappa shape index (κ3) is 2.71. The molecule has 1 amide bonds. The Morgan fingerprint density at radius 1 is 1.50 bits per heavy atom. The second kappa shape index (κ2) is 5.98. The molecule has 0 aromatic heterocycles. The van der Waals surface area contributed by atoms with Crippen molar-refractivity contribution < 1.29 is 14.3 Å². The summed E-state index contributed by atoms with van der Waals surface area (Å²) in [6.45, 7) is 2.93. The summed E-state index contributed by atoms with van der Waals surface area (Å²) in [6.07, 6.45) is 1.03. The summed E-state index contributed by atoms with van der Waals surface area (Å²) in [5.41, 5.74) is 1.97. The Hall–Kier alpha value is -1.39. The van der Waals surface area contributed by atoms with Gasteiger partial charge in [0.1, 0.15) is 0 Å². The minimum Gasteiger partial charge on any atom is -0.354 e. The summed E-state index contributed by atoms with van der Waals surface area (Å²) >= 11 is 0. The molecule has 1 aromatic carbocycles. The van der Waals surface area contributed by atoms with Crippen LogP contribution in [-0.4, -0.2) is 25.9 Å². The Morgan fingerprint density at radius 3 is 3.00 bits per heavy atom. The number of para-hydroxylation sites is 1. The number of hydrogen-bond acceptors (Lipinski definition) is 3. The molecule has 0 saturated heterocycles. The number of nitrogens with zero attached hydrogens (tertiary/aromatic N) is 1. The minimum absolute atomic E-state index is 0.123. The number of methoxy groups -OCH3 is 1. The minimum atomic E-state index is -0.363. The highest BCUT2D eigenvalue weighted by molar-refractivity contribution is 5.94. The molecule has 4 heteroatoms. The predicted octanol–water partition coefficient (Wildman–Crippen LogP) is 2.32. The van der Waals surface area contributed by atoms with Crippen molar-refractivity contribution in [2.24, 2.45) is 0 Å². The predicted molar refractivity (Wildman–Crippen MR) is 69.3 cm³/mol. The molecule has 0 spiro atoms. The summed E-state index contributed by atoms with van der Waals surface area (Å²) in [5, 5.41) is 0. The van der Waals surface area contributed by atoms with Gasteiger partial charge >= 0.3 is 0 Å². The highest BCUT2D eigenvalue weighted by Crippen LogP contribution is 2.26. The lowest BCUT2D eigenvalue weighted by Crippen LogP contribution is -2.37. The Bertz CT molecular complexity index is 419. The number of hydrogen-bond donors (Lipinski definition) is 0. The monoisotopic (exact) mass is 249 g/mol. The zero-order chi connectivity index (χ0) is 13.0. The second-order valence-corrected chi connectivity index (χ2v) is 4.36. The molecule has 0 bridgehead atoms. The maximum absolute atomic E-state index is 12.2. The third-order valence-electron chi connectivity index (χ3n) is 3.07. The standard InChI is InChI=1S/C14H19NO3/c1-3-6-13(16)15-9-14(17-2)18-10-11-7-4-5-8-12(11)15/h4-5,7-8,14H,3,6,9-10H2,1-2H3. The summed E-state index contributed by atoms with van der Waals surface area (Å²) in [4.78, 5) is 14.0. The average molecular weight is 249 g/mol. The van der Waals surface area contributed by atoms with E-state index in [9.17, 15) is 4.79 Å². The lowest BCUT2D eigenvalue weighted by molar-refractivity contribution is -0.130. The van der Waals surface area contributed by atoms with Crippen molar-refractivity contribution in [3.8, 4) is 0 Å². The van der Waals surface area contributed by atoms with E-state index in [-0.39, 0.29) is 12.2 Å². The fourth-order valence-electron chi connectivity index (χ4n) is 2.11. The molecular formula is C14H19NO3. The number of carbonyl (C=O) groups is 1. The molecule has 1 atom stereocenters. The first-order valence-corrected chi connectivity index (χ1v) is 6.29. The van der Waals surface area contributed by atoms with Gasteiger partial charge in [-0.1, -0.05) is 25.1 Å². The Morgan fingerprint density at radius 2 is 2.28 bits per heavy atom.